The summed E-state index contributed by atoms with van der Waals surface area (Å²) in [4.78, 5) is 14.0. The molecule has 2 aromatic rings. The van der Waals surface area contributed by atoms with Gasteiger partial charge >= 0.3 is 6.03 Å². The third-order valence-electron chi connectivity index (χ3n) is 4.29. The quantitative estimate of drug-likeness (QED) is 0.894. The van der Waals surface area contributed by atoms with Crippen LogP contribution in [0.2, 0.25) is 0 Å². The molecule has 1 aliphatic heterocycles. The lowest BCUT2D eigenvalue weighted by Gasteiger charge is -2.24. The van der Waals surface area contributed by atoms with Crippen molar-refractivity contribution in [2.24, 2.45) is 0 Å². The highest BCUT2D eigenvalue weighted by Gasteiger charge is 2.23. The van der Waals surface area contributed by atoms with Crippen LogP contribution in [0, 0.1) is 5.82 Å². The Morgan fingerprint density at radius 2 is 2.16 bits per heavy atom. The molecule has 0 bridgehead atoms. The molecule has 0 saturated heterocycles. The molecule has 3 rings (SSSR count). The Labute approximate surface area is 146 Å². The number of carbonyl (C=O) groups excluding carboxylic acids is 1. The van der Waals surface area contributed by atoms with Gasteiger partial charge in [-0.05, 0) is 37.1 Å². The van der Waals surface area contributed by atoms with Gasteiger partial charge < -0.3 is 20.1 Å². The summed E-state index contributed by atoms with van der Waals surface area (Å²) in [6.07, 6.45) is 1.44. The Kier molecular flexibility index (Phi) is 5.07. The van der Waals surface area contributed by atoms with Gasteiger partial charge in [-0.1, -0.05) is 18.2 Å². The van der Waals surface area contributed by atoms with E-state index in [0.717, 1.165) is 6.42 Å². The van der Waals surface area contributed by atoms with Crippen molar-refractivity contribution in [2.75, 3.05) is 13.7 Å². The van der Waals surface area contributed by atoms with Gasteiger partial charge in [0, 0.05) is 18.2 Å². The van der Waals surface area contributed by atoms with Crippen LogP contribution in [-0.4, -0.2) is 29.7 Å². The van der Waals surface area contributed by atoms with E-state index in [2.05, 4.69) is 5.32 Å². The molecule has 6 heteroatoms. The topological polar surface area (TPSA) is 61.8 Å². The lowest BCUT2D eigenvalue weighted by atomic mass is 10.0. The number of hydrogen-bond donors (Lipinski definition) is 2. The van der Waals surface area contributed by atoms with Gasteiger partial charge in [-0.2, -0.15) is 0 Å². The molecule has 0 fully saturated rings. The van der Waals surface area contributed by atoms with Gasteiger partial charge in [0.25, 0.3) is 0 Å². The fourth-order valence-corrected chi connectivity index (χ4v) is 2.93. The molecule has 2 aromatic carbocycles. The third kappa shape index (κ3) is 4.02. The number of urea groups is 1. The summed E-state index contributed by atoms with van der Waals surface area (Å²) in [6, 6.07) is 10.7. The first-order valence-electron chi connectivity index (χ1n) is 8.25. The number of hydrogen-bond acceptors (Lipinski definition) is 3. The van der Waals surface area contributed by atoms with Crippen LogP contribution in [-0.2, 0) is 6.54 Å². The van der Waals surface area contributed by atoms with Crippen molar-refractivity contribution in [2.45, 2.75) is 25.4 Å². The molecule has 2 N–H and O–H groups in total. The molecule has 0 aliphatic carbocycles. The van der Waals surface area contributed by atoms with Crippen LogP contribution in [0.4, 0.5) is 9.18 Å². The molecule has 132 valence electrons. The number of para-hydroxylation sites is 1. The number of benzene rings is 2. The second kappa shape index (κ2) is 7.42. The molecule has 5 nitrogen and oxygen atoms in total. The number of phenols is 1. The molecule has 2 amide bonds. The smallest absolute Gasteiger partial charge is 0.317 e. The first kappa shape index (κ1) is 17.1. The molecule has 1 atom stereocenters. The third-order valence-corrected chi connectivity index (χ3v) is 4.29. The minimum absolute atomic E-state index is 0.150. The number of nitrogens with one attached hydrogen (secondary N) is 1. The fourth-order valence-electron chi connectivity index (χ4n) is 2.93. The Morgan fingerprint density at radius 1 is 1.36 bits per heavy atom. The van der Waals surface area contributed by atoms with Crippen LogP contribution in [0.3, 0.4) is 0 Å². The van der Waals surface area contributed by atoms with Crippen LogP contribution in [0.25, 0.3) is 0 Å². The van der Waals surface area contributed by atoms with Gasteiger partial charge in [0.15, 0.2) is 0 Å². The van der Waals surface area contributed by atoms with Crippen molar-refractivity contribution in [3.63, 3.8) is 0 Å². The van der Waals surface area contributed by atoms with Crippen LogP contribution < -0.4 is 10.1 Å². The van der Waals surface area contributed by atoms with E-state index in [1.54, 1.807) is 31.3 Å². The molecular formula is C19H21FN2O3. The van der Waals surface area contributed by atoms with Crippen molar-refractivity contribution in [1.82, 2.24) is 10.2 Å². The van der Waals surface area contributed by atoms with E-state index in [9.17, 15) is 14.3 Å². The number of carbonyl (C=O) groups is 1. The van der Waals surface area contributed by atoms with Crippen LogP contribution in [0.15, 0.2) is 42.5 Å². The maximum absolute atomic E-state index is 13.6. The summed E-state index contributed by atoms with van der Waals surface area (Å²) in [5.41, 5.74) is 1.32. The van der Waals surface area contributed by atoms with E-state index in [-0.39, 0.29) is 30.2 Å². The zero-order valence-corrected chi connectivity index (χ0v) is 14.0. The van der Waals surface area contributed by atoms with Gasteiger partial charge in [0.05, 0.1) is 19.2 Å². The van der Waals surface area contributed by atoms with Gasteiger partial charge in [-0.15, -0.1) is 0 Å². The molecule has 0 aromatic heterocycles. The molecule has 25 heavy (non-hydrogen) atoms. The number of phenolic OH excluding ortho intramolecular Hbond substituents is 1. The maximum atomic E-state index is 13.6. The predicted molar refractivity (Wildman–Crippen MR) is 92.0 cm³/mol. The van der Waals surface area contributed by atoms with Crippen molar-refractivity contribution < 1.29 is 19.0 Å². The molecule has 1 heterocycles. The van der Waals surface area contributed by atoms with Crippen molar-refractivity contribution in [3.8, 4) is 11.5 Å². The second-order valence-corrected chi connectivity index (χ2v) is 6.16. The Morgan fingerprint density at radius 3 is 2.96 bits per heavy atom. The second-order valence-electron chi connectivity index (χ2n) is 6.16. The van der Waals surface area contributed by atoms with Gasteiger partial charge in [0.1, 0.15) is 17.3 Å². The standard InChI is InChI=1S/C19H21FN2O3/c1-22(12-13-5-2-3-7-17(13)23)19(24)21-16-6-4-10-25-18-9-8-14(20)11-15(16)18/h2-3,5,7-9,11,16,23H,4,6,10,12H2,1H3,(H,21,24)/t16-/m1/s1. The van der Waals surface area contributed by atoms with Gasteiger partial charge in [-0.3, -0.25) is 0 Å². The first-order chi connectivity index (χ1) is 12.0. The highest BCUT2D eigenvalue weighted by Crippen LogP contribution is 2.32. The average molecular weight is 344 g/mol. The molecule has 0 unspecified atom stereocenters. The summed E-state index contributed by atoms with van der Waals surface area (Å²) in [7, 11) is 1.65. The molecule has 0 saturated carbocycles. The normalized spacial score (nSPS) is 16.3. The van der Waals surface area contributed by atoms with Gasteiger partial charge in [0.2, 0.25) is 0 Å². The van der Waals surface area contributed by atoms with E-state index in [1.165, 1.54) is 17.0 Å². The predicted octanol–water partition coefficient (Wildman–Crippen LogP) is 3.59. The molecule has 0 radical (unpaired) electrons. The lowest BCUT2D eigenvalue weighted by molar-refractivity contribution is 0.201. The summed E-state index contributed by atoms with van der Waals surface area (Å²) in [5.74, 6) is 0.399. The molecule has 1 aliphatic rings. The number of ether oxygens (including phenoxy) is 1. The zero-order valence-electron chi connectivity index (χ0n) is 14.0. The van der Waals surface area contributed by atoms with Crippen molar-refractivity contribution in [1.29, 1.82) is 0 Å². The van der Waals surface area contributed by atoms with E-state index in [1.807, 2.05) is 6.07 Å². The summed E-state index contributed by atoms with van der Waals surface area (Å²) >= 11 is 0. The SMILES string of the molecule is CN(Cc1ccccc1O)C(=O)N[C@@H]1CCCOc2ccc(F)cc21. The monoisotopic (exact) mass is 344 g/mol. The Balaban J connectivity index is 1.72. The van der Waals surface area contributed by atoms with E-state index in [0.29, 0.717) is 29.9 Å². The first-order valence-corrected chi connectivity index (χ1v) is 8.25. The Bertz CT molecular complexity index is 766. The summed E-state index contributed by atoms with van der Waals surface area (Å²) in [5, 5.41) is 12.8. The number of rotatable bonds is 3. The van der Waals surface area contributed by atoms with Crippen molar-refractivity contribution in [3.05, 3.63) is 59.4 Å². The van der Waals surface area contributed by atoms with E-state index >= 15 is 0 Å². The van der Waals surface area contributed by atoms with Crippen LogP contribution >= 0.6 is 0 Å². The maximum Gasteiger partial charge on any atom is 0.317 e. The minimum Gasteiger partial charge on any atom is -0.508 e. The van der Waals surface area contributed by atoms with Gasteiger partial charge in [-0.25, -0.2) is 9.18 Å². The van der Waals surface area contributed by atoms with E-state index in [4.69, 9.17) is 4.74 Å². The summed E-state index contributed by atoms with van der Waals surface area (Å²) < 4.78 is 19.2. The number of nitrogens with zero attached hydrogens (tertiary/aromatic N) is 1. The number of fused-ring (bicyclic) bond motifs is 1. The number of aromatic hydroxyl groups is 1. The number of halogens is 1. The summed E-state index contributed by atoms with van der Waals surface area (Å²) in [6.45, 7) is 0.816. The van der Waals surface area contributed by atoms with Crippen molar-refractivity contribution >= 4 is 6.03 Å². The Hall–Kier alpha value is -2.76. The minimum atomic E-state index is -0.355. The molecular weight excluding hydrogens is 323 g/mol. The molecule has 0 spiro atoms. The zero-order chi connectivity index (χ0) is 17.8. The number of amides is 2. The largest absolute Gasteiger partial charge is 0.508 e. The highest BCUT2D eigenvalue weighted by molar-refractivity contribution is 5.74. The lowest BCUT2D eigenvalue weighted by Crippen LogP contribution is -2.39. The van der Waals surface area contributed by atoms with E-state index < -0.39 is 0 Å². The average Bonchev–Trinajstić information content (AvgIpc) is 2.79. The van der Waals surface area contributed by atoms with Crippen LogP contribution in [0.1, 0.15) is 30.0 Å². The fraction of sp³-hybridized carbons (Fsp3) is 0.316. The van der Waals surface area contributed by atoms with Crippen LogP contribution in [0.5, 0.6) is 11.5 Å². The highest BCUT2D eigenvalue weighted by atomic mass is 19.1.